The number of primary amides is 1. The van der Waals surface area contributed by atoms with Gasteiger partial charge in [0.05, 0.1) is 5.56 Å². The average Bonchev–Trinajstić information content (AvgIpc) is 2.63. The molecule has 0 saturated heterocycles. The zero-order valence-electron chi connectivity index (χ0n) is 14.1. The van der Waals surface area contributed by atoms with Crippen LogP contribution in [0.25, 0.3) is 0 Å². The Morgan fingerprint density at radius 3 is 2.30 bits per heavy atom. The summed E-state index contributed by atoms with van der Waals surface area (Å²) < 4.78 is 46.2. The standard InChI is InChI=1S/C18H17F3N2O4/c19-18(20,21)11-27-13-7-5-12(6-8-13)9-23-17(25)14-3-1-2-4-15(14)26-10-16(22)24/h1-8H,9-11H2,(H2,22,24)(H,23,25). The number of carbonyl (C=O) groups excluding carboxylic acids is 2. The van der Waals surface area contributed by atoms with Crippen LogP contribution in [0.1, 0.15) is 15.9 Å². The van der Waals surface area contributed by atoms with Gasteiger partial charge >= 0.3 is 6.18 Å². The number of alkyl halides is 3. The van der Waals surface area contributed by atoms with Crippen molar-refractivity contribution in [2.24, 2.45) is 5.73 Å². The summed E-state index contributed by atoms with van der Waals surface area (Å²) in [6.45, 7) is -1.59. The van der Waals surface area contributed by atoms with Crippen LogP contribution >= 0.6 is 0 Å². The summed E-state index contributed by atoms with van der Waals surface area (Å²) in [7, 11) is 0. The van der Waals surface area contributed by atoms with Crippen LogP contribution in [-0.4, -0.2) is 31.2 Å². The molecule has 144 valence electrons. The maximum absolute atomic E-state index is 12.3. The quantitative estimate of drug-likeness (QED) is 0.734. The van der Waals surface area contributed by atoms with Crippen molar-refractivity contribution in [1.29, 1.82) is 0 Å². The van der Waals surface area contributed by atoms with Crippen molar-refractivity contribution in [2.45, 2.75) is 12.7 Å². The third-order valence-electron chi connectivity index (χ3n) is 3.28. The molecule has 0 aliphatic carbocycles. The van der Waals surface area contributed by atoms with E-state index < -0.39 is 24.6 Å². The summed E-state index contributed by atoms with van der Waals surface area (Å²) in [4.78, 5) is 23.1. The SMILES string of the molecule is NC(=O)COc1ccccc1C(=O)NCc1ccc(OCC(F)(F)F)cc1. The number of hydrogen-bond acceptors (Lipinski definition) is 4. The number of benzene rings is 2. The van der Waals surface area contributed by atoms with Crippen LogP contribution < -0.4 is 20.5 Å². The normalized spacial score (nSPS) is 10.9. The third kappa shape index (κ3) is 6.89. The van der Waals surface area contributed by atoms with Gasteiger partial charge in [-0.2, -0.15) is 13.2 Å². The second-order valence-electron chi connectivity index (χ2n) is 5.48. The third-order valence-corrected chi connectivity index (χ3v) is 3.28. The van der Waals surface area contributed by atoms with Gasteiger partial charge in [0, 0.05) is 6.54 Å². The van der Waals surface area contributed by atoms with E-state index in [-0.39, 0.29) is 30.2 Å². The van der Waals surface area contributed by atoms with Crippen LogP contribution in [0.5, 0.6) is 11.5 Å². The Morgan fingerprint density at radius 2 is 1.67 bits per heavy atom. The lowest BCUT2D eigenvalue weighted by molar-refractivity contribution is -0.153. The summed E-state index contributed by atoms with van der Waals surface area (Å²) in [5, 5.41) is 2.66. The van der Waals surface area contributed by atoms with Crippen molar-refractivity contribution in [2.75, 3.05) is 13.2 Å². The number of rotatable bonds is 8. The van der Waals surface area contributed by atoms with Gasteiger partial charge < -0.3 is 20.5 Å². The molecule has 6 nitrogen and oxygen atoms in total. The van der Waals surface area contributed by atoms with Crippen molar-refractivity contribution in [1.82, 2.24) is 5.32 Å². The molecule has 0 heterocycles. The van der Waals surface area contributed by atoms with Crippen LogP contribution in [0.3, 0.4) is 0 Å². The predicted octanol–water partition coefficient (Wildman–Crippen LogP) is 2.42. The largest absolute Gasteiger partial charge is 0.484 e. The van der Waals surface area contributed by atoms with E-state index in [4.69, 9.17) is 10.5 Å². The second kappa shape index (κ2) is 8.93. The summed E-state index contributed by atoms with van der Waals surface area (Å²) in [5.74, 6) is -0.817. The zero-order chi connectivity index (χ0) is 19.9. The molecule has 0 fully saturated rings. The number of hydrogen-bond donors (Lipinski definition) is 2. The van der Waals surface area contributed by atoms with Gasteiger partial charge in [-0.3, -0.25) is 9.59 Å². The lowest BCUT2D eigenvalue weighted by atomic mass is 10.1. The Kier molecular flexibility index (Phi) is 6.64. The van der Waals surface area contributed by atoms with Crippen LogP contribution in [-0.2, 0) is 11.3 Å². The number of amides is 2. The van der Waals surface area contributed by atoms with Gasteiger partial charge in [-0.1, -0.05) is 24.3 Å². The second-order valence-corrected chi connectivity index (χ2v) is 5.48. The van der Waals surface area contributed by atoms with Gasteiger partial charge in [-0.25, -0.2) is 0 Å². The smallest absolute Gasteiger partial charge is 0.422 e. The molecular formula is C18H17F3N2O4. The van der Waals surface area contributed by atoms with Gasteiger partial charge in [-0.05, 0) is 29.8 Å². The van der Waals surface area contributed by atoms with Gasteiger partial charge in [-0.15, -0.1) is 0 Å². The Balaban J connectivity index is 1.93. The van der Waals surface area contributed by atoms with E-state index in [0.29, 0.717) is 5.56 Å². The van der Waals surface area contributed by atoms with Crippen LogP contribution in [0.15, 0.2) is 48.5 Å². The van der Waals surface area contributed by atoms with E-state index in [1.54, 1.807) is 24.3 Å². The van der Waals surface area contributed by atoms with Crippen molar-refractivity contribution in [3.8, 4) is 11.5 Å². The molecule has 0 aromatic heterocycles. The predicted molar refractivity (Wildman–Crippen MR) is 90.3 cm³/mol. The molecule has 2 rings (SSSR count). The fraction of sp³-hybridized carbons (Fsp3) is 0.222. The number of nitrogens with two attached hydrogens (primary N) is 1. The van der Waals surface area contributed by atoms with Gasteiger partial charge in [0.15, 0.2) is 13.2 Å². The van der Waals surface area contributed by atoms with E-state index in [9.17, 15) is 22.8 Å². The van der Waals surface area contributed by atoms with Crippen molar-refractivity contribution < 1.29 is 32.2 Å². The zero-order valence-corrected chi connectivity index (χ0v) is 14.1. The van der Waals surface area contributed by atoms with Crippen LogP contribution in [0.4, 0.5) is 13.2 Å². The topological polar surface area (TPSA) is 90.7 Å². The molecule has 0 radical (unpaired) electrons. The first-order valence-electron chi connectivity index (χ1n) is 7.81. The lowest BCUT2D eigenvalue weighted by Crippen LogP contribution is -2.25. The highest BCUT2D eigenvalue weighted by Gasteiger charge is 2.28. The highest BCUT2D eigenvalue weighted by atomic mass is 19.4. The molecule has 0 saturated carbocycles. The van der Waals surface area contributed by atoms with Gasteiger partial charge in [0.1, 0.15) is 11.5 Å². The first-order valence-corrected chi connectivity index (χ1v) is 7.81. The first-order chi connectivity index (χ1) is 12.7. The van der Waals surface area contributed by atoms with E-state index in [1.807, 2.05) is 0 Å². The number of halogens is 3. The number of ether oxygens (including phenoxy) is 2. The molecule has 0 aliphatic rings. The van der Waals surface area contributed by atoms with Gasteiger partial charge in [0.2, 0.25) is 0 Å². The lowest BCUT2D eigenvalue weighted by Gasteiger charge is -2.11. The molecule has 0 aliphatic heterocycles. The monoisotopic (exact) mass is 382 g/mol. The number of nitrogens with one attached hydrogen (secondary N) is 1. The Labute approximate surface area is 153 Å². The van der Waals surface area contributed by atoms with E-state index in [2.05, 4.69) is 10.1 Å². The van der Waals surface area contributed by atoms with Crippen LogP contribution in [0.2, 0.25) is 0 Å². The summed E-state index contributed by atoms with van der Waals surface area (Å²) >= 11 is 0. The molecule has 0 bridgehead atoms. The highest BCUT2D eigenvalue weighted by molar-refractivity contribution is 5.97. The molecule has 2 amide bonds. The molecular weight excluding hydrogens is 365 g/mol. The maximum Gasteiger partial charge on any atom is 0.422 e. The minimum Gasteiger partial charge on any atom is -0.484 e. The van der Waals surface area contributed by atoms with Crippen molar-refractivity contribution in [3.63, 3.8) is 0 Å². The highest BCUT2D eigenvalue weighted by Crippen LogP contribution is 2.20. The molecule has 2 aromatic rings. The Hall–Kier alpha value is -3.23. The minimum absolute atomic E-state index is 0.0765. The molecule has 0 unspecified atom stereocenters. The molecule has 0 atom stereocenters. The molecule has 0 spiro atoms. The van der Waals surface area contributed by atoms with E-state index in [1.165, 1.54) is 24.3 Å². The first kappa shape index (κ1) is 20.1. The molecule has 3 N–H and O–H groups in total. The van der Waals surface area contributed by atoms with Crippen molar-refractivity contribution >= 4 is 11.8 Å². The Morgan fingerprint density at radius 1 is 1.00 bits per heavy atom. The number of carbonyl (C=O) groups is 2. The molecule has 2 aromatic carbocycles. The maximum atomic E-state index is 12.3. The average molecular weight is 382 g/mol. The van der Waals surface area contributed by atoms with Crippen LogP contribution in [0, 0.1) is 0 Å². The summed E-state index contributed by atoms with van der Waals surface area (Å²) in [6, 6.07) is 12.2. The Bertz CT molecular complexity index is 792. The van der Waals surface area contributed by atoms with E-state index in [0.717, 1.165) is 0 Å². The summed E-state index contributed by atoms with van der Waals surface area (Å²) in [6.07, 6.45) is -4.41. The molecule has 27 heavy (non-hydrogen) atoms. The summed E-state index contributed by atoms with van der Waals surface area (Å²) in [5.41, 5.74) is 5.91. The fourth-order valence-electron chi connectivity index (χ4n) is 2.08. The fourth-order valence-corrected chi connectivity index (χ4v) is 2.08. The molecule has 9 heteroatoms. The van der Waals surface area contributed by atoms with E-state index >= 15 is 0 Å². The van der Waals surface area contributed by atoms with Gasteiger partial charge in [0.25, 0.3) is 11.8 Å². The number of para-hydroxylation sites is 1. The van der Waals surface area contributed by atoms with Crippen molar-refractivity contribution in [3.05, 3.63) is 59.7 Å². The minimum atomic E-state index is -4.41.